The molecule has 0 aliphatic heterocycles. The Labute approximate surface area is 155 Å². The Kier molecular flexibility index (Phi) is 7.19. The molecule has 0 spiro atoms. The Bertz CT molecular complexity index is 580. The van der Waals surface area contributed by atoms with Crippen molar-refractivity contribution in [2.75, 3.05) is 34.2 Å². The summed E-state index contributed by atoms with van der Waals surface area (Å²) in [5, 5.41) is 2.92. The molecule has 0 aromatic heterocycles. The third-order valence-electron chi connectivity index (χ3n) is 4.41. The van der Waals surface area contributed by atoms with Crippen LogP contribution in [-0.2, 0) is 0 Å². The van der Waals surface area contributed by atoms with Crippen LogP contribution in [0.2, 0.25) is 0 Å². The average Bonchev–Trinajstić information content (AvgIpc) is 2.58. The van der Waals surface area contributed by atoms with Gasteiger partial charge in [0.25, 0.3) is 0 Å². The SMILES string of the molecule is CN(C)CCN(C)C(P(c1ccccc1)c1ccccc1)C(C)(C)C. The zero-order chi connectivity index (χ0) is 18.4. The molecule has 0 amide bonds. The van der Waals surface area contributed by atoms with Crippen molar-refractivity contribution in [3.05, 3.63) is 60.7 Å². The zero-order valence-electron chi connectivity index (χ0n) is 16.6. The van der Waals surface area contributed by atoms with E-state index in [1.54, 1.807) is 0 Å². The van der Waals surface area contributed by atoms with Crippen LogP contribution < -0.4 is 10.6 Å². The van der Waals surface area contributed by atoms with Gasteiger partial charge in [-0.15, -0.1) is 0 Å². The Morgan fingerprint density at radius 2 is 1.20 bits per heavy atom. The van der Waals surface area contributed by atoms with Crippen molar-refractivity contribution in [1.29, 1.82) is 0 Å². The van der Waals surface area contributed by atoms with Crippen molar-refractivity contribution in [3.63, 3.8) is 0 Å². The van der Waals surface area contributed by atoms with Gasteiger partial charge in [0.05, 0.1) is 0 Å². The van der Waals surface area contributed by atoms with Crippen LogP contribution in [0.25, 0.3) is 0 Å². The molecule has 0 heterocycles. The molecule has 0 aliphatic rings. The van der Waals surface area contributed by atoms with Gasteiger partial charge in [0, 0.05) is 18.9 Å². The number of hydrogen-bond acceptors (Lipinski definition) is 2. The van der Waals surface area contributed by atoms with Gasteiger partial charge >= 0.3 is 0 Å². The van der Waals surface area contributed by atoms with Gasteiger partial charge in [0.2, 0.25) is 0 Å². The van der Waals surface area contributed by atoms with Gasteiger partial charge in [-0.25, -0.2) is 0 Å². The van der Waals surface area contributed by atoms with Crippen LogP contribution in [0.4, 0.5) is 0 Å². The van der Waals surface area contributed by atoms with Crippen LogP contribution in [0, 0.1) is 5.41 Å². The Balaban J connectivity index is 2.46. The van der Waals surface area contributed by atoms with E-state index in [-0.39, 0.29) is 5.41 Å². The fourth-order valence-electron chi connectivity index (χ4n) is 3.33. The van der Waals surface area contributed by atoms with Crippen LogP contribution >= 0.6 is 7.92 Å². The molecule has 0 aliphatic carbocycles. The molecule has 136 valence electrons. The first-order chi connectivity index (χ1) is 11.8. The first kappa shape index (κ1) is 20.1. The third-order valence-corrected chi connectivity index (χ3v) is 7.77. The molecule has 2 aromatic rings. The topological polar surface area (TPSA) is 6.48 Å². The maximum absolute atomic E-state index is 2.58. The molecule has 2 nitrogen and oxygen atoms in total. The fourth-order valence-corrected chi connectivity index (χ4v) is 6.47. The molecule has 0 saturated heterocycles. The lowest BCUT2D eigenvalue weighted by Gasteiger charge is -2.44. The molecule has 2 aromatic carbocycles. The smallest absolute Gasteiger partial charge is 0.0424 e. The van der Waals surface area contributed by atoms with Crippen molar-refractivity contribution >= 4 is 18.5 Å². The van der Waals surface area contributed by atoms with E-state index >= 15 is 0 Å². The van der Waals surface area contributed by atoms with Crippen molar-refractivity contribution in [2.45, 2.75) is 26.6 Å². The van der Waals surface area contributed by atoms with E-state index in [1.807, 2.05) is 0 Å². The molecule has 0 fully saturated rings. The van der Waals surface area contributed by atoms with E-state index < -0.39 is 7.92 Å². The minimum absolute atomic E-state index is 0.193. The van der Waals surface area contributed by atoms with Crippen LogP contribution in [0.15, 0.2) is 60.7 Å². The number of hydrogen-bond donors (Lipinski definition) is 0. The molecule has 25 heavy (non-hydrogen) atoms. The molecule has 0 saturated carbocycles. The lowest BCUT2D eigenvalue weighted by molar-refractivity contribution is 0.180. The summed E-state index contributed by atoms with van der Waals surface area (Å²) in [6, 6.07) is 22.1. The van der Waals surface area contributed by atoms with Gasteiger partial charge in [0.1, 0.15) is 0 Å². The van der Waals surface area contributed by atoms with E-state index in [1.165, 1.54) is 10.6 Å². The number of rotatable bonds is 7. The molecule has 0 radical (unpaired) electrons. The molecule has 1 unspecified atom stereocenters. The molecule has 1 atom stereocenters. The molecule has 0 N–H and O–H groups in total. The molecule has 0 bridgehead atoms. The summed E-state index contributed by atoms with van der Waals surface area (Å²) in [7, 11) is 6.13. The lowest BCUT2D eigenvalue weighted by atomic mass is 9.95. The maximum Gasteiger partial charge on any atom is 0.0424 e. The highest BCUT2D eigenvalue weighted by molar-refractivity contribution is 7.73. The summed E-state index contributed by atoms with van der Waals surface area (Å²) in [5.74, 6) is 0.479. The summed E-state index contributed by atoms with van der Waals surface area (Å²) >= 11 is 0. The third kappa shape index (κ3) is 5.64. The van der Waals surface area contributed by atoms with Crippen LogP contribution in [0.1, 0.15) is 20.8 Å². The quantitative estimate of drug-likeness (QED) is 0.692. The molecule has 3 heteroatoms. The predicted octanol–water partition coefficient (Wildman–Crippen LogP) is 3.98. The van der Waals surface area contributed by atoms with E-state index in [9.17, 15) is 0 Å². The van der Waals surface area contributed by atoms with Gasteiger partial charge in [0.15, 0.2) is 0 Å². The standard InChI is InChI=1S/C22H33N2P/c1-22(2,3)21(24(6)18-17-23(4)5)25(19-13-9-7-10-14-19)20-15-11-8-12-16-20/h7-16,21H,17-18H2,1-6H3. The van der Waals surface area contributed by atoms with Gasteiger partial charge in [-0.3, -0.25) is 4.90 Å². The highest BCUT2D eigenvalue weighted by Gasteiger charge is 2.36. The Hall–Kier alpha value is -1.21. The molecule has 2 rings (SSSR count). The maximum atomic E-state index is 2.58. The molecular weight excluding hydrogens is 323 g/mol. The minimum atomic E-state index is -0.465. The Morgan fingerprint density at radius 3 is 1.56 bits per heavy atom. The van der Waals surface area contributed by atoms with Crippen LogP contribution in [-0.4, -0.2) is 49.8 Å². The Morgan fingerprint density at radius 1 is 0.760 bits per heavy atom. The monoisotopic (exact) mass is 356 g/mol. The average molecular weight is 356 g/mol. The normalized spacial score (nSPS) is 13.6. The summed E-state index contributed by atoms with van der Waals surface area (Å²) in [6.45, 7) is 9.30. The van der Waals surface area contributed by atoms with Gasteiger partial charge in [-0.05, 0) is 45.1 Å². The van der Waals surface area contributed by atoms with E-state index in [0.717, 1.165) is 13.1 Å². The summed E-state index contributed by atoms with van der Waals surface area (Å²) < 4.78 is 0. The van der Waals surface area contributed by atoms with Crippen molar-refractivity contribution < 1.29 is 0 Å². The van der Waals surface area contributed by atoms with Crippen molar-refractivity contribution in [2.24, 2.45) is 5.41 Å². The lowest BCUT2D eigenvalue weighted by Crippen LogP contribution is -2.46. The van der Waals surface area contributed by atoms with Crippen molar-refractivity contribution in [1.82, 2.24) is 9.80 Å². The fraction of sp³-hybridized carbons (Fsp3) is 0.455. The van der Waals surface area contributed by atoms with E-state index in [2.05, 4.69) is 112 Å². The van der Waals surface area contributed by atoms with Gasteiger partial charge in [-0.2, -0.15) is 0 Å². The summed E-state index contributed by atoms with van der Waals surface area (Å²) in [5.41, 5.74) is 0.193. The number of nitrogens with zero attached hydrogens (tertiary/aromatic N) is 2. The highest BCUT2D eigenvalue weighted by Crippen LogP contribution is 2.48. The molecular formula is C22H33N2P. The van der Waals surface area contributed by atoms with Crippen molar-refractivity contribution in [3.8, 4) is 0 Å². The summed E-state index contributed by atoms with van der Waals surface area (Å²) in [6.07, 6.45) is 0. The van der Waals surface area contributed by atoms with Crippen LogP contribution in [0.3, 0.4) is 0 Å². The second-order valence-corrected chi connectivity index (χ2v) is 10.3. The van der Waals surface area contributed by atoms with Crippen LogP contribution in [0.5, 0.6) is 0 Å². The van der Waals surface area contributed by atoms with E-state index in [4.69, 9.17) is 0 Å². The van der Waals surface area contributed by atoms with Gasteiger partial charge < -0.3 is 4.90 Å². The summed E-state index contributed by atoms with van der Waals surface area (Å²) in [4.78, 5) is 4.84. The predicted molar refractivity (Wildman–Crippen MR) is 113 cm³/mol. The second-order valence-electron chi connectivity index (χ2n) is 8.06. The largest absolute Gasteiger partial charge is 0.308 e. The van der Waals surface area contributed by atoms with Gasteiger partial charge in [-0.1, -0.05) is 81.4 Å². The first-order valence-electron chi connectivity index (χ1n) is 9.05. The highest BCUT2D eigenvalue weighted by atomic mass is 31.1. The minimum Gasteiger partial charge on any atom is -0.308 e. The van der Waals surface area contributed by atoms with E-state index in [0.29, 0.717) is 5.78 Å². The number of benzene rings is 2. The number of likely N-dealkylation sites (N-methyl/N-ethyl adjacent to an activating group) is 2. The zero-order valence-corrected chi connectivity index (χ0v) is 17.5. The first-order valence-corrected chi connectivity index (χ1v) is 10.5. The second kappa shape index (κ2) is 8.94.